The molecule has 0 aliphatic heterocycles. The molecule has 65 heavy (non-hydrogen) atoms. The van der Waals surface area contributed by atoms with Gasteiger partial charge < -0.3 is 0 Å². The maximum absolute atomic E-state index is 5.33. The van der Waals surface area contributed by atoms with E-state index in [-0.39, 0.29) is 14.5 Å². The van der Waals surface area contributed by atoms with Crippen LogP contribution in [0, 0.1) is 0 Å². The van der Waals surface area contributed by atoms with Gasteiger partial charge in [0.1, 0.15) is 0 Å². The van der Waals surface area contributed by atoms with Gasteiger partial charge in [-0.3, -0.25) is 0 Å². The summed E-state index contributed by atoms with van der Waals surface area (Å²) in [6.45, 7) is 0. The van der Waals surface area contributed by atoms with Gasteiger partial charge in [0.15, 0.2) is 0 Å². The van der Waals surface area contributed by atoms with Gasteiger partial charge in [0.2, 0.25) is 0 Å². The third kappa shape index (κ3) is 4.62. The Balaban J connectivity index is 1.34. The minimum atomic E-state index is -0.235. The van der Waals surface area contributed by atoms with E-state index in [4.69, 9.17) is 9.97 Å². The van der Waals surface area contributed by atoms with Crippen LogP contribution in [-0.2, 0) is 0 Å². The first-order chi connectivity index (χ1) is 32.3. The van der Waals surface area contributed by atoms with E-state index in [1.165, 1.54) is 47.3 Å². The zero-order valence-electron chi connectivity index (χ0n) is 34.7. The normalized spacial score (nSPS) is 12.3. The van der Waals surface area contributed by atoms with Crippen LogP contribution in [-0.4, -0.2) is 42.7 Å². The van der Waals surface area contributed by atoms with Crippen molar-refractivity contribution in [3.05, 3.63) is 207 Å². The summed E-state index contributed by atoms with van der Waals surface area (Å²) in [4.78, 5) is 10.5. The number of para-hydroxylation sites is 8. The summed E-state index contributed by atoms with van der Waals surface area (Å²) in [5.74, 6) is 0. The molecule has 15 aromatic rings. The molecule has 0 aliphatic carbocycles. The van der Waals surface area contributed by atoms with Crippen molar-refractivity contribution in [3.63, 3.8) is 0 Å². The number of fused-ring (bicyclic) bond motifs is 15. The minimum absolute atomic E-state index is 0.235. The molecule has 0 spiro atoms. The first kappa shape index (κ1) is 35.3. The number of nitrogens with zero attached hydrogens (tertiary/aromatic N) is 6. The summed E-state index contributed by atoms with van der Waals surface area (Å²) in [7, 11) is 0. The van der Waals surface area contributed by atoms with E-state index in [0.717, 1.165) is 82.2 Å². The van der Waals surface area contributed by atoms with E-state index >= 15 is 0 Å². The van der Waals surface area contributed by atoms with Crippen LogP contribution >= 0.6 is 0 Å². The number of benzene rings is 9. The number of rotatable bonds is 4. The van der Waals surface area contributed by atoms with E-state index in [0.29, 0.717) is 0 Å². The van der Waals surface area contributed by atoms with Crippen LogP contribution in [0.15, 0.2) is 207 Å². The van der Waals surface area contributed by atoms with Crippen LogP contribution < -0.4 is 0 Å². The molecule has 6 aromatic heterocycles. The average molecular weight is 894 g/mol. The number of hydrogen-bond donors (Lipinski definition) is 0. The Morgan fingerprint density at radius 1 is 0.277 bits per heavy atom. The molecule has 0 amide bonds. The Morgan fingerprint density at radius 2 is 0.538 bits per heavy atom. The summed E-state index contributed by atoms with van der Waals surface area (Å²) in [6.07, 6.45) is 3.75. The quantitative estimate of drug-likeness (QED) is 0.165. The van der Waals surface area contributed by atoms with Crippen molar-refractivity contribution in [1.82, 2.24) is 28.2 Å². The van der Waals surface area contributed by atoms with Crippen molar-refractivity contribution in [2.24, 2.45) is 0 Å². The average Bonchev–Trinajstić information content (AvgIpc) is 4.17. The topological polar surface area (TPSA) is 45.5 Å². The predicted octanol–water partition coefficient (Wildman–Crippen LogP) is 14.2. The Kier molecular flexibility index (Phi) is 7.14. The SMILES string of the molecule is c1ccc2c(c1)c1ccccc1n2-c1c(-n2c3ccccc3c3ccccc32)c(-n2c3ccccc3c3ccccc32)c2c([se]c3nccnc32)c1-n1c2ccccc2c2ccccc21. The number of hydrogen-bond acceptors (Lipinski definition) is 2. The van der Waals surface area contributed by atoms with Crippen LogP contribution in [0.3, 0.4) is 0 Å². The molecule has 0 bridgehead atoms. The fraction of sp³-hybridized carbons (Fsp3) is 0. The third-order valence-electron chi connectivity index (χ3n) is 13.7. The zero-order valence-corrected chi connectivity index (χ0v) is 36.4. The van der Waals surface area contributed by atoms with E-state index < -0.39 is 0 Å². The molecule has 9 aromatic carbocycles. The van der Waals surface area contributed by atoms with Gasteiger partial charge in [-0.25, -0.2) is 0 Å². The molecule has 15 rings (SSSR count). The van der Waals surface area contributed by atoms with E-state index in [2.05, 4.69) is 212 Å². The third-order valence-corrected chi connectivity index (χ3v) is 16.0. The first-order valence-electron chi connectivity index (χ1n) is 22.0. The van der Waals surface area contributed by atoms with E-state index in [1.807, 2.05) is 12.4 Å². The molecule has 0 N–H and O–H groups in total. The van der Waals surface area contributed by atoms with E-state index in [9.17, 15) is 0 Å². The molecule has 0 unspecified atom stereocenters. The Labute approximate surface area is 376 Å². The van der Waals surface area contributed by atoms with Crippen LogP contribution in [0.1, 0.15) is 0 Å². The van der Waals surface area contributed by atoms with E-state index in [1.54, 1.807) is 0 Å². The molecular formula is C58H34N6Se. The predicted molar refractivity (Wildman–Crippen MR) is 271 cm³/mol. The van der Waals surface area contributed by atoms with Gasteiger partial charge in [-0.15, -0.1) is 0 Å². The fourth-order valence-electron chi connectivity index (χ4n) is 11.2. The zero-order chi connectivity index (χ0) is 42.3. The van der Waals surface area contributed by atoms with Gasteiger partial charge in [-0.1, -0.05) is 0 Å². The van der Waals surface area contributed by atoms with Crippen molar-refractivity contribution >= 4 is 121 Å². The molecule has 0 saturated carbocycles. The number of aromatic nitrogens is 6. The molecule has 6 heterocycles. The molecule has 0 aliphatic rings. The standard InChI is InChI=1S/C58H34N6Se/c1-9-25-43-35(17-1)36-18-2-10-26-44(36)61(43)53-51-52-58(60-34-33-59-52)65-57(51)56(64-49-31-15-7-23-41(49)42-24-8-16-32-50(42)64)55(63-47-29-13-5-21-39(47)40-22-6-14-30-48(40)63)54(53)62-45-27-11-3-19-37(45)38-20-4-12-28-46(38)62/h1-34H. The second-order valence-electron chi connectivity index (χ2n) is 16.9. The van der Waals surface area contributed by atoms with Crippen LogP contribution in [0.25, 0.3) is 130 Å². The van der Waals surface area contributed by atoms with Gasteiger partial charge in [0, 0.05) is 0 Å². The summed E-state index contributed by atoms with van der Waals surface area (Å²) < 4.78 is 12.6. The fourth-order valence-corrected chi connectivity index (χ4v) is 13.6. The van der Waals surface area contributed by atoms with Crippen molar-refractivity contribution in [3.8, 4) is 22.7 Å². The second kappa shape index (κ2) is 13.2. The molecule has 7 heteroatoms. The summed E-state index contributed by atoms with van der Waals surface area (Å²) >= 11 is -0.235. The molecule has 0 fully saturated rings. The molecule has 302 valence electrons. The van der Waals surface area contributed by atoms with Gasteiger partial charge in [-0.2, -0.15) is 0 Å². The van der Waals surface area contributed by atoms with Crippen molar-refractivity contribution < 1.29 is 0 Å². The maximum atomic E-state index is 5.33. The first-order valence-corrected chi connectivity index (χ1v) is 23.7. The molecule has 0 radical (unpaired) electrons. The Bertz CT molecular complexity index is 4290. The van der Waals surface area contributed by atoms with Crippen LogP contribution in [0.4, 0.5) is 0 Å². The Morgan fingerprint density at radius 3 is 0.877 bits per heavy atom. The molecular weight excluding hydrogens is 860 g/mol. The molecule has 0 saturated heterocycles. The summed E-state index contributed by atoms with van der Waals surface area (Å²) in [5.41, 5.74) is 14.5. The van der Waals surface area contributed by atoms with Gasteiger partial charge >= 0.3 is 379 Å². The van der Waals surface area contributed by atoms with Gasteiger partial charge in [0.25, 0.3) is 0 Å². The Hall–Kier alpha value is -8.22. The summed E-state index contributed by atoms with van der Waals surface area (Å²) in [6, 6.07) is 71.4. The second-order valence-corrected chi connectivity index (χ2v) is 19.0. The van der Waals surface area contributed by atoms with Crippen LogP contribution in [0.2, 0.25) is 0 Å². The van der Waals surface area contributed by atoms with Crippen molar-refractivity contribution in [2.75, 3.05) is 0 Å². The van der Waals surface area contributed by atoms with Gasteiger partial charge in [-0.05, 0) is 0 Å². The molecule has 6 nitrogen and oxygen atoms in total. The monoisotopic (exact) mass is 894 g/mol. The van der Waals surface area contributed by atoms with Gasteiger partial charge in [0.05, 0.1) is 0 Å². The molecule has 0 atom stereocenters. The van der Waals surface area contributed by atoms with Crippen LogP contribution in [0.5, 0.6) is 0 Å². The van der Waals surface area contributed by atoms with Crippen molar-refractivity contribution in [2.45, 2.75) is 0 Å². The summed E-state index contributed by atoms with van der Waals surface area (Å²) in [5, 5.41) is 10.8. The van der Waals surface area contributed by atoms with Crippen molar-refractivity contribution in [1.29, 1.82) is 0 Å².